The lowest BCUT2D eigenvalue weighted by molar-refractivity contribution is -0.128. The molecule has 1 atom stereocenters. The van der Waals surface area contributed by atoms with Crippen molar-refractivity contribution in [2.24, 2.45) is 11.0 Å². The number of rotatable bonds is 6. The lowest BCUT2D eigenvalue weighted by Crippen LogP contribution is -2.33. The van der Waals surface area contributed by atoms with Crippen LogP contribution in [-0.2, 0) is 16.0 Å². The van der Waals surface area contributed by atoms with Gasteiger partial charge in [0.25, 0.3) is 5.91 Å². The molecule has 0 spiro atoms. The lowest BCUT2D eigenvalue weighted by atomic mass is 9.93. The van der Waals surface area contributed by atoms with Crippen LogP contribution >= 0.6 is 0 Å². The van der Waals surface area contributed by atoms with Crippen molar-refractivity contribution in [2.75, 3.05) is 12.1 Å². The molecule has 0 bridgehead atoms. The van der Waals surface area contributed by atoms with Gasteiger partial charge in [0.1, 0.15) is 17.9 Å². The molecule has 2 heterocycles. The standard InChI is InChI=1S/C22H19N3O4/c1-14-20(22(27)25(24-14)17-6-8-18(28-2)9-7-17)19(26)13-15-4-3-5-16(12-15)21-23-10-11-29-21/h3-12,20H,13H2,1-2H3. The molecule has 7 heteroatoms. The predicted octanol–water partition coefficient (Wildman–Crippen LogP) is 3.50. The number of aromatic nitrogens is 1. The quantitative estimate of drug-likeness (QED) is 0.603. The first-order valence-electron chi connectivity index (χ1n) is 9.11. The lowest BCUT2D eigenvalue weighted by Gasteiger charge is -2.14. The highest BCUT2D eigenvalue weighted by Gasteiger charge is 2.39. The highest BCUT2D eigenvalue weighted by molar-refractivity contribution is 6.27. The normalized spacial score (nSPS) is 16.1. The third-order valence-electron chi connectivity index (χ3n) is 4.75. The maximum absolute atomic E-state index is 12.9. The summed E-state index contributed by atoms with van der Waals surface area (Å²) in [4.78, 5) is 29.9. The molecule has 1 aromatic heterocycles. The second kappa shape index (κ2) is 7.71. The first-order valence-corrected chi connectivity index (χ1v) is 9.11. The van der Waals surface area contributed by atoms with E-state index in [2.05, 4.69) is 10.1 Å². The number of anilines is 1. The molecule has 2 aromatic carbocycles. The Kier molecular flexibility index (Phi) is 4.95. The molecule has 7 nitrogen and oxygen atoms in total. The summed E-state index contributed by atoms with van der Waals surface area (Å²) >= 11 is 0. The zero-order chi connectivity index (χ0) is 20.4. The van der Waals surface area contributed by atoms with Crippen LogP contribution in [0.15, 0.2) is 70.5 Å². The molecule has 1 unspecified atom stereocenters. The highest BCUT2D eigenvalue weighted by atomic mass is 16.5. The molecule has 1 aliphatic rings. The van der Waals surface area contributed by atoms with Crippen LogP contribution in [0, 0.1) is 5.92 Å². The Labute approximate surface area is 167 Å². The van der Waals surface area contributed by atoms with Gasteiger partial charge < -0.3 is 9.15 Å². The van der Waals surface area contributed by atoms with E-state index >= 15 is 0 Å². The van der Waals surface area contributed by atoms with E-state index in [9.17, 15) is 9.59 Å². The Morgan fingerprint density at radius 3 is 2.69 bits per heavy atom. The maximum Gasteiger partial charge on any atom is 0.263 e. The average molecular weight is 389 g/mol. The number of carbonyl (C=O) groups is 2. The van der Waals surface area contributed by atoms with Crippen molar-refractivity contribution >= 4 is 23.1 Å². The zero-order valence-electron chi connectivity index (χ0n) is 16.0. The molecule has 0 fully saturated rings. The Balaban J connectivity index is 1.51. The average Bonchev–Trinajstić information content (AvgIpc) is 3.36. The van der Waals surface area contributed by atoms with E-state index in [4.69, 9.17) is 9.15 Å². The van der Waals surface area contributed by atoms with E-state index in [0.29, 0.717) is 23.0 Å². The van der Waals surface area contributed by atoms with Gasteiger partial charge in [0.15, 0.2) is 5.78 Å². The van der Waals surface area contributed by atoms with Gasteiger partial charge in [-0.05, 0) is 48.9 Å². The predicted molar refractivity (Wildman–Crippen MR) is 108 cm³/mol. The van der Waals surface area contributed by atoms with Gasteiger partial charge in [-0.3, -0.25) is 9.59 Å². The summed E-state index contributed by atoms with van der Waals surface area (Å²) < 4.78 is 10.4. The van der Waals surface area contributed by atoms with Crippen molar-refractivity contribution in [3.05, 3.63) is 66.6 Å². The fourth-order valence-electron chi connectivity index (χ4n) is 3.33. The first kappa shape index (κ1) is 18.6. The van der Waals surface area contributed by atoms with Gasteiger partial charge in [-0.2, -0.15) is 10.1 Å². The Morgan fingerprint density at radius 1 is 1.21 bits per heavy atom. The summed E-state index contributed by atoms with van der Waals surface area (Å²) in [6.45, 7) is 1.70. The Morgan fingerprint density at radius 2 is 2.00 bits per heavy atom. The molecule has 146 valence electrons. The highest BCUT2D eigenvalue weighted by Crippen LogP contribution is 2.27. The third kappa shape index (κ3) is 3.67. The van der Waals surface area contributed by atoms with Crippen molar-refractivity contribution in [3.63, 3.8) is 0 Å². The Bertz CT molecular complexity index is 1070. The van der Waals surface area contributed by atoms with E-state index in [1.165, 1.54) is 11.3 Å². The van der Waals surface area contributed by atoms with Gasteiger partial charge in [-0.1, -0.05) is 12.1 Å². The fraction of sp³-hybridized carbons (Fsp3) is 0.182. The summed E-state index contributed by atoms with van der Waals surface area (Å²) in [6, 6.07) is 14.4. The molecule has 0 aliphatic carbocycles. The van der Waals surface area contributed by atoms with E-state index in [1.807, 2.05) is 24.3 Å². The monoisotopic (exact) mass is 389 g/mol. The fourth-order valence-corrected chi connectivity index (χ4v) is 3.33. The van der Waals surface area contributed by atoms with Gasteiger partial charge in [0, 0.05) is 12.0 Å². The van der Waals surface area contributed by atoms with Gasteiger partial charge in [0.05, 0.1) is 24.7 Å². The SMILES string of the molecule is COc1ccc(N2N=C(C)C(C(=O)Cc3cccc(-c4ncco4)c3)C2=O)cc1. The van der Waals surface area contributed by atoms with Crippen LogP contribution in [0.25, 0.3) is 11.5 Å². The number of hydrogen-bond acceptors (Lipinski definition) is 6. The summed E-state index contributed by atoms with van der Waals surface area (Å²) in [5.41, 5.74) is 2.65. The van der Waals surface area contributed by atoms with Crippen molar-refractivity contribution in [1.82, 2.24) is 4.98 Å². The molecule has 29 heavy (non-hydrogen) atoms. The third-order valence-corrected chi connectivity index (χ3v) is 4.75. The first-order chi connectivity index (χ1) is 14.1. The Hall–Kier alpha value is -3.74. The number of methoxy groups -OCH3 is 1. The number of nitrogens with zero attached hydrogens (tertiary/aromatic N) is 3. The molecular weight excluding hydrogens is 370 g/mol. The number of Topliss-reactive ketones (excluding diaryl/α,β-unsaturated/α-hetero) is 1. The van der Waals surface area contributed by atoms with Crippen LogP contribution in [0.3, 0.4) is 0 Å². The summed E-state index contributed by atoms with van der Waals surface area (Å²) in [5, 5.41) is 5.59. The topological polar surface area (TPSA) is 85.0 Å². The van der Waals surface area contributed by atoms with Crippen molar-refractivity contribution in [1.29, 1.82) is 0 Å². The van der Waals surface area contributed by atoms with Crippen molar-refractivity contribution in [2.45, 2.75) is 13.3 Å². The van der Waals surface area contributed by atoms with Crippen molar-refractivity contribution in [3.8, 4) is 17.2 Å². The minimum atomic E-state index is -0.887. The van der Waals surface area contributed by atoms with E-state index in [0.717, 1.165) is 11.1 Å². The zero-order valence-corrected chi connectivity index (χ0v) is 16.0. The molecule has 0 saturated heterocycles. The van der Waals surface area contributed by atoms with Crippen LogP contribution in [0.4, 0.5) is 5.69 Å². The van der Waals surface area contributed by atoms with Crippen LogP contribution in [0.5, 0.6) is 5.75 Å². The van der Waals surface area contributed by atoms with Crippen LogP contribution in [0.1, 0.15) is 12.5 Å². The molecule has 1 amide bonds. The largest absolute Gasteiger partial charge is 0.497 e. The molecule has 0 radical (unpaired) electrons. The number of benzene rings is 2. The van der Waals surface area contributed by atoms with E-state index in [-0.39, 0.29) is 18.1 Å². The minimum absolute atomic E-state index is 0.119. The van der Waals surface area contributed by atoms with Gasteiger partial charge in [-0.25, -0.2) is 4.98 Å². The molecule has 3 aromatic rings. The van der Waals surface area contributed by atoms with Gasteiger partial charge in [0.2, 0.25) is 5.89 Å². The number of ketones is 1. The van der Waals surface area contributed by atoms with Crippen LogP contribution in [-0.4, -0.2) is 29.5 Å². The number of ether oxygens (including phenoxy) is 1. The molecular formula is C22H19N3O4. The number of hydrogen-bond donors (Lipinski definition) is 0. The molecule has 1 aliphatic heterocycles. The molecule has 4 rings (SSSR count). The second-order valence-corrected chi connectivity index (χ2v) is 6.70. The number of amides is 1. The number of oxazole rings is 1. The van der Waals surface area contributed by atoms with Gasteiger partial charge in [-0.15, -0.1) is 0 Å². The molecule has 0 N–H and O–H groups in total. The molecule has 0 saturated carbocycles. The second-order valence-electron chi connectivity index (χ2n) is 6.70. The smallest absolute Gasteiger partial charge is 0.263 e. The van der Waals surface area contributed by atoms with Gasteiger partial charge >= 0.3 is 0 Å². The van der Waals surface area contributed by atoms with Crippen molar-refractivity contribution < 1.29 is 18.7 Å². The van der Waals surface area contributed by atoms with E-state index < -0.39 is 5.92 Å². The summed E-state index contributed by atoms with van der Waals surface area (Å²) in [7, 11) is 1.57. The van der Waals surface area contributed by atoms with E-state index in [1.54, 1.807) is 44.5 Å². The number of hydrazone groups is 1. The number of carbonyl (C=O) groups excluding carboxylic acids is 2. The summed E-state index contributed by atoms with van der Waals surface area (Å²) in [5.74, 6) is -0.264. The van der Waals surface area contributed by atoms with Crippen LogP contribution < -0.4 is 9.75 Å². The summed E-state index contributed by atoms with van der Waals surface area (Å²) in [6.07, 6.45) is 3.18. The minimum Gasteiger partial charge on any atom is -0.497 e. The van der Waals surface area contributed by atoms with Crippen LogP contribution in [0.2, 0.25) is 0 Å². The maximum atomic E-state index is 12.9.